The van der Waals surface area contributed by atoms with Crippen LogP contribution >= 0.6 is 0 Å². The topological polar surface area (TPSA) is 23.6 Å². The molecule has 22 heavy (non-hydrogen) atoms. The summed E-state index contributed by atoms with van der Waals surface area (Å²) in [4.78, 5) is 17.5. The largest absolute Gasteiger partial charge is 0.338 e. The summed E-state index contributed by atoms with van der Waals surface area (Å²) in [6.45, 7) is 5.54. The van der Waals surface area contributed by atoms with Crippen LogP contribution in [0, 0.1) is 0 Å². The van der Waals surface area contributed by atoms with Crippen LogP contribution in [0.4, 0.5) is 0 Å². The molecule has 1 amide bonds. The molecule has 0 saturated carbocycles. The minimum absolute atomic E-state index is 0.356. The second-order valence-electron chi connectivity index (χ2n) is 6.62. The number of likely N-dealkylation sites (N-methyl/N-ethyl adjacent to an activating group) is 1. The molecule has 3 rings (SSSR count). The number of hydrogen-bond acceptors (Lipinski definition) is 2. The van der Waals surface area contributed by atoms with Gasteiger partial charge in [-0.1, -0.05) is 37.3 Å². The smallest absolute Gasteiger partial charge is 0.223 e. The van der Waals surface area contributed by atoms with Crippen LogP contribution in [0.3, 0.4) is 0 Å². The van der Waals surface area contributed by atoms with E-state index >= 15 is 0 Å². The molecule has 0 aliphatic carbocycles. The highest BCUT2D eigenvalue weighted by atomic mass is 16.2. The van der Waals surface area contributed by atoms with E-state index in [0.717, 1.165) is 19.5 Å². The van der Waals surface area contributed by atoms with Crippen LogP contribution in [0.1, 0.15) is 44.6 Å². The van der Waals surface area contributed by atoms with Gasteiger partial charge in [-0.2, -0.15) is 0 Å². The summed E-state index contributed by atoms with van der Waals surface area (Å²) in [6, 6.07) is 11.4. The molecule has 2 aliphatic rings. The minimum Gasteiger partial charge on any atom is -0.338 e. The van der Waals surface area contributed by atoms with Gasteiger partial charge in [0.05, 0.1) is 0 Å². The lowest BCUT2D eigenvalue weighted by Crippen LogP contribution is -2.48. The average Bonchev–Trinajstić information content (AvgIpc) is 3.21. The summed E-state index contributed by atoms with van der Waals surface area (Å²) >= 11 is 0. The summed E-state index contributed by atoms with van der Waals surface area (Å²) in [5, 5.41) is 0. The summed E-state index contributed by atoms with van der Waals surface area (Å²) in [6.07, 6.45) is 6.44. The number of carbonyl (C=O) groups is 1. The van der Waals surface area contributed by atoms with Gasteiger partial charge in [-0.15, -0.1) is 0 Å². The van der Waals surface area contributed by atoms with Crippen LogP contribution < -0.4 is 0 Å². The van der Waals surface area contributed by atoms with E-state index in [9.17, 15) is 4.79 Å². The van der Waals surface area contributed by atoms with Crippen LogP contribution in [0.15, 0.2) is 30.3 Å². The van der Waals surface area contributed by atoms with E-state index in [4.69, 9.17) is 0 Å². The highest BCUT2D eigenvalue weighted by Crippen LogP contribution is 2.30. The Kier molecular flexibility index (Phi) is 5.14. The Labute approximate surface area is 134 Å². The van der Waals surface area contributed by atoms with Crippen LogP contribution in [0.25, 0.3) is 0 Å². The molecule has 0 N–H and O–H groups in total. The first-order valence-electron chi connectivity index (χ1n) is 8.87. The van der Waals surface area contributed by atoms with Gasteiger partial charge in [0.2, 0.25) is 5.91 Å². The third-order valence-electron chi connectivity index (χ3n) is 5.35. The van der Waals surface area contributed by atoms with Crippen molar-refractivity contribution in [1.29, 1.82) is 0 Å². The fraction of sp³-hybridized carbons (Fsp3) is 0.632. The van der Waals surface area contributed by atoms with Gasteiger partial charge in [0.15, 0.2) is 0 Å². The van der Waals surface area contributed by atoms with E-state index in [-0.39, 0.29) is 0 Å². The van der Waals surface area contributed by atoms with Gasteiger partial charge in [0, 0.05) is 25.0 Å². The number of carbonyl (C=O) groups excluding carboxylic acids is 1. The lowest BCUT2D eigenvalue weighted by atomic mass is 10.0. The fourth-order valence-electron chi connectivity index (χ4n) is 4.22. The SMILES string of the molecule is CCN1CCC[C@H]1[C@H]1CCCN1C(=O)CCc1ccccc1. The van der Waals surface area contributed by atoms with Crippen LogP contribution in [-0.4, -0.2) is 47.4 Å². The van der Waals surface area contributed by atoms with Gasteiger partial charge >= 0.3 is 0 Å². The third kappa shape index (κ3) is 3.35. The molecule has 2 saturated heterocycles. The molecule has 0 spiro atoms. The van der Waals surface area contributed by atoms with E-state index in [0.29, 0.717) is 24.4 Å². The molecule has 120 valence electrons. The zero-order chi connectivity index (χ0) is 15.4. The average molecular weight is 300 g/mol. The number of rotatable bonds is 5. The molecule has 1 aromatic carbocycles. The Morgan fingerprint density at radius 1 is 1.09 bits per heavy atom. The molecule has 3 nitrogen and oxygen atoms in total. The van der Waals surface area contributed by atoms with Gasteiger partial charge in [0.1, 0.15) is 0 Å². The number of amides is 1. The van der Waals surface area contributed by atoms with Gasteiger partial charge < -0.3 is 4.90 Å². The standard InChI is InChI=1S/C19H28N2O/c1-2-20-14-6-10-17(20)18-11-7-15-21(18)19(22)13-12-16-8-4-3-5-9-16/h3-5,8-9,17-18H,2,6-7,10-15H2,1H3/t17-,18+/m0/s1. The molecule has 2 heterocycles. The highest BCUT2D eigenvalue weighted by molar-refractivity contribution is 5.77. The van der Waals surface area contributed by atoms with E-state index in [2.05, 4.69) is 41.0 Å². The number of aryl methyl sites for hydroxylation is 1. The van der Waals surface area contributed by atoms with Crippen LogP contribution in [0.2, 0.25) is 0 Å². The number of hydrogen-bond donors (Lipinski definition) is 0. The predicted octanol–water partition coefficient (Wildman–Crippen LogP) is 3.09. The van der Waals surface area contributed by atoms with Gasteiger partial charge in [0.25, 0.3) is 0 Å². The first-order chi connectivity index (χ1) is 10.8. The third-order valence-corrected chi connectivity index (χ3v) is 5.35. The van der Waals surface area contributed by atoms with Crippen molar-refractivity contribution in [3.63, 3.8) is 0 Å². The molecule has 0 radical (unpaired) electrons. The zero-order valence-corrected chi connectivity index (χ0v) is 13.7. The van der Waals surface area contributed by atoms with Crippen molar-refractivity contribution < 1.29 is 4.79 Å². The van der Waals surface area contributed by atoms with Gasteiger partial charge in [-0.25, -0.2) is 0 Å². The number of nitrogens with zero attached hydrogens (tertiary/aromatic N) is 2. The van der Waals surface area contributed by atoms with Crippen LogP contribution in [0.5, 0.6) is 0 Å². The molecule has 3 heteroatoms. The second kappa shape index (κ2) is 7.28. The second-order valence-corrected chi connectivity index (χ2v) is 6.62. The first kappa shape index (κ1) is 15.5. The van der Waals surface area contributed by atoms with Crippen molar-refractivity contribution in [3.05, 3.63) is 35.9 Å². The van der Waals surface area contributed by atoms with Crippen molar-refractivity contribution in [2.75, 3.05) is 19.6 Å². The molecular weight excluding hydrogens is 272 g/mol. The summed E-state index contributed by atoms with van der Waals surface area (Å²) in [5.74, 6) is 0.356. The molecule has 0 unspecified atom stereocenters. The van der Waals surface area contributed by atoms with E-state index < -0.39 is 0 Å². The van der Waals surface area contributed by atoms with Crippen molar-refractivity contribution in [3.8, 4) is 0 Å². The van der Waals surface area contributed by atoms with Crippen molar-refractivity contribution in [2.24, 2.45) is 0 Å². The Morgan fingerprint density at radius 3 is 2.59 bits per heavy atom. The predicted molar refractivity (Wildman–Crippen MR) is 89.8 cm³/mol. The van der Waals surface area contributed by atoms with Crippen molar-refractivity contribution >= 4 is 5.91 Å². The van der Waals surface area contributed by atoms with Crippen molar-refractivity contribution in [2.45, 2.75) is 57.5 Å². The van der Waals surface area contributed by atoms with Gasteiger partial charge in [-0.05, 0) is 50.8 Å². The molecule has 0 bridgehead atoms. The maximum Gasteiger partial charge on any atom is 0.223 e. The zero-order valence-electron chi connectivity index (χ0n) is 13.7. The first-order valence-corrected chi connectivity index (χ1v) is 8.87. The Hall–Kier alpha value is -1.35. The van der Waals surface area contributed by atoms with E-state index in [1.54, 1.807) is 0 Å². The van der Waals surface area contributed by atoms with E-state index in [1.165, 1.54) is 37.8 Å². The van der Waals surface area contributed by atoms with Crippen LogP contribution in [-0.2, 0) is 11.2 Å². The normalized spacial score (nSPS) is 25.8. The Morgan fingerprint density at radius 2 is 1.82 bits per heavy atom. The minimum atomic E-state index is 0.356. The molecule has 2 aliphatic heterocycles. The van der Waals surface area contributed by atoms with Crippen molar-refractivity contribution in [1.82, 2.24) is 9.80 Å². The maximum atomic E-state index is 12.7. The number of likely N-dealkylation sites (tertiary alicyclic amines) is 2. The lowest BCUT2D eigenvalue weighted by Gasteiger charge is -2.34. The summed E-state index contributed by atoms with van der Waals surface area (Å²) in [7, 11) is 0. The lowest BCUT2D eigenvalue weighted by molar-refractivity contribution is -0.133. The molecule has 2 fully saturated rings. The molecular formula is C19H28N2O. The molecule has 2 atom stereocenters. The summed E-state index contributed by atoms with van der Waals surface area (Å²) < 4.78 is 0. The monoisotopic (exact) mass is 300 g/mol. The summed E-state index contributed by atoms with van der Waals surface area (Å²) in [5.41, 5.74) is 1.27. The maximum absolute atomic E-state index is 12.7. The Bertz CT molecular complexity index is 487. The van der Waals surface area contributed by atoms with E-state index in [1.807, 2.05) is 6.07 Å². The van der Waals surface area contributed by atoms with Gasteiger partial charge in [-0.3, -0.25) is 9.69 Å². The molecule has 0 aromatic heterocycles. The molecule has 1 aromatic rings. The quantitative estimate of drug-likeness (QED) is 0.834. The Balaban J connectivity index is 1.59. The fourth-order valence-corrected chi connectivity index (χ4v) is 4.22. The number of benzene rings is 1. The highest BCUT2D eigenvalue weighted by Gasteiger charge is 2.38.